The third-order valence-corrected chi connectivity index (χ3v) is 4.85. The number of hydrogen-bond acceptors (Lipinski definition) is 9. The topological polar surface area (TPSA) is 100 Å². The highest BCUT2D eigenvalue weighted by Gasteiger charge is 2.14. The second-order valence-electron chi connectivity index (χ2n) is 5.94. The number of esters is 1. The highest BCUT2D eigenvalue weighted by molar-refractivity contribution is 7.13. The lowest BCUT2D eigenvalue weighted by atomic mass is 10.2. The number of benzene rings is 1. The molecule has 3 aromatic heterocycles. The minimum Gasteiger partial charge on any atom is -0.497 e. The van der Waals surface area contributed by atoms with Crippen molar-refractivity contribution in [1.29, 1.82) is 0 Å². The van der Waals surface area contributed by atoms with Crippen molar-refractivity contribution in [3.63, 3.8) is 0 Å². The summed E-state index contributed by atoms with van der Waals surface area (Å²) >= 11 is 1.43. The summed E-state index contributed by atoms with van der Waals surface area (Å²) in [6.07, 6.45) is 1.76. The van der Waals surface area contributed by atoms with Crippen LogP contribution < -0.4 is 4.74 Å². The lowest BCUT2D eigenvalue weighted by molar-refractivity contribution is -0.144. The molecule has 0 unspecified atom stereocenters. The molecule has 0 bridgehead atoms. The fourth-order valence-corrected chi connectivity index (χ4v) is 3.30. The summed E-state index contributed by atoms with van der Waals surface area (Å²) in [5.41, 5.74) is 2.18. The van der Waals surface area contributed by atoms with Gasteiger partial charge >= 0.3 is 5.97 Å². The minimum absolute atomic E-state index is 0.0583. The van der Waals surface area contributed by atoms with Gasteiger partial charge in [-0.25, -0.2) is 4.98 Å². The van der Waals surface area contributed by atoms with Crippen LogP contribution in [-0.4, -0.2) is 33.2 Å². The average Bonchev–Trinajstić information content (AvgIpc) is 3.43. The normalized spacial score (nSPS) is 10.7. The van der Waals surface area contributed by atoms with E-state index in [2.05, 4.69) is 20.1 Å². The van der Waals surface area contributed by atoms with Crippen molar-refractivity contribution >= 4 is 17.3 Å². The maximum atomic E-state index is 12.1. The molecule has 8 nitrogen and oxygen atoms in total. The Bertz CT molecular complexity index is 1090. The molecule has 0 aliphatic rings. The first-order valence-corrected chi connectivity index (χ1v) is 9.57. The predicted octanol–water partition coefficient (Wildman–Crippen LogP) is 3.55. The molecule has 0 radical (unpaired) electrons. The molecule has 1 aromatic carbocycles. The van der Waals surface area contributed by atoms with Crippen molar-refractivity contribution in [3.8, 4) is 27.8 Å². The van der Waals surface area contributed by atoms with Crippen LogP contribution in [0.2, 0.25) is 0 Å². The van der Waals surface area contributed by atoms with E-state index in [1.165, 1.54) is 11.3 Å². The van der Waals surface area contributed by atoms with Gasteiger partial charge in [0, 0.05) is 17.1 Å². The molecule has 0 fully saturated rings. The van der Waals surface area contributed by atoms with Crippen molar-refractivity contribution in [2.75, 3.05) is 7.11 Å². The Labute approximate surface area is 170 Å². The Balaban J connectivity index is 1.32. The van der Waals surface area contributed by atoms with Gasteiger partial charge in [-0.1, -0.05) is 11.2 Å². The molecule has 0 saturated carbocycles. The molecular formula is C20H16N4O4S. The molecule has 4 rings (SSSR count). The monoisotopic (exact) mass is 408 g/mol. The van der Waals surface area contributed by atoms with Crippen molar-refractivity contribution in [2.24, 2.45) is 0 Å². The highest BCUT2D eigenvalue weighted by Crippen LogP contribution is 2.22. The Kier molecular flexibility index (Phi) is 5.57. The third kappa shape index (κ3) is 4.64. The third-order valence-electron chi connectivity index (χ3n) is 3.93. The van der Waals surface area contributed by atoms with Gasteiger partial charge in [-0.05, 0) is 36.4 Å². The van der Waals surface area contributed by atoms with Gasteiger partial charge in [0.2, 0.25) is 5.82 Å². The lowest BCUT2D eigenvalue weighted by Crippen LogP contribution is -2.08. The van der Waals surface area contributed by atoms with Crippen LogP contribution in [0.15, 0.2) is 58.6 Å². The number of carbonyl (C=O) groups is 1. The van der Waals surface area contributed by atoms with Crippen molar-refractivity contribution in [3.05, 3.63) is 65.6 Å². The summed E-state index contributed by atoms with van der Waals surface area (Å²) in [4.78, 5) is 25.0. The number of nitrogens with zero attached hydrogens (tertiary/aromatic N) is 4. The van der Waals surface area contributed by atoms with Gasteiger partial charge in [0.25, 0.3) is 5.89 Å². The Morgan fingerprint density at radius 3 is 2.76 bits per heavy atom. The maximum Gasteiger partial charge on any atom is 0.312 e. The van der Waals surface area contributed by atoms with E-state index in [9.17, 15) is 4.79 Å². The van der Waals surface area contributed by atoms with Crippen LogP contribution >= 0.6 is 11.3 Å². The number of hydrogen-bond donors (Lipinski definition) is 0. The minimum atomic E-state index is -0.424. The number of thiazole rings is 1. The molecule has 0 atom stereocenters. The van der Waals surface area contributed by atoms with E-state index in [1.807, 2.05) is 35.7 Å². The zero-order valence-corrected chi connectivity index (χ0v) is 16.3. The quantitative estimate of drug-likeness (QED) is 0.428. The van der Waals surface area contributed by atoms with E-state index >= 15 is 0 Å². The number of ether oxygens (including phenoxy) is 2. The van der Waals surface area contributed by atoms with Gasteiger partial charge < -0.3 is 14.0 Å². The van der Waals surface area contributed by atoms with E-state index in [1.54, 1.807) is 25.4 Å². The van der Waals surface area contributed by atoms with Gasteiger partial charge in [0.1, 0.15) is 10.8 Å². The SMILES string of the molecule is COc1ccc(-c2noc(COC(=O)Cc3csc(-c4ccccn4)n3)n2)cc1. The number of methoxy groups -OCH3 is 1. The van der Waals surface area contributed by atoms with Gasteiger partial charge in [0.15, 0.2) is 6.61 Å². The number of carbonyl (C=O) groups excluding carboxylic acids is 1. The van der Waals surface area contributed by atoms with Gasteiger partial charge in [-0.15, -0.1) is 11.3 Å². The second kappa shape index (κ2) is 8.61. The molecule has 0 aliphatic heterocycles. The largest absolute Gasteiger partial charge is 0.497 e. The van der Waals surface area contributed by atoms with Crippen molar-refractivity contribution < 1.29 is 18.8 Å². The maximum absolute atomic E-state index is 12.1. The Morgan fingerprint density at radius 2 is 2.00 bits per heavy atom. The fraction of sp³-hybridized carbons (Fsp3) is 0.150. The molecule has 0 amide bonds. The van der Waals surface area contributed by atoms with Gasteiger partial charge in [-0.3, -0.25) is 9.78 Å². The van der Waals surface area contributed by atoms with Crippen molar-refractivity contribution in [1.82, 2.24) is 20.1 Å². The first-order valence-electron chi connectivity index (χ1n) is 8.70. The zero-order chi connectivity index (χ0) is 20.1. The first kappa shape index (κ1) is 18.8. The second-order valence-corrected chi connectivity index (χ2v) is 6.79. The first-order chi connectivity index (χ1) is 14.2. The molecule has 29 heavy (non-hydrogen) atoms. The smallest absolute Gasteiger partial charge is 0.312 e. The molecule has 9 heteroatoms. The van der Waals surface area contributed by atoms with Gasteiger partial charge in [0.05, 0.1) is 24.9 Å². The molecule has 0 saturated heterocycles. The summed E-state index contributed by atoms with van der Waals surface area (Å²) in [6, 6.07) is 12.9. The molecule has 0 N–H and O–H groups in total. The summed E-state index contributed by atoms with van der Waals surface area (Å²) in [5.74, 6) is 0.946. The molecule has 4 aromatic rings. The van der Waals surface area contributed by atoms with Crippen LogP contribution in [0.25, 0.3) is 22.1 Å². The standard InChI is InChI=1S/C20H16N4O4S/c1-26-15-7-5-13(6-8-15)19-23-17(28-24-19)11-27-18(25)10-14-12-29-20(22-14)16-4-2-3-9-21-16/h2-9,12H,10-11H2,1H3. The number of pyridine rings is 1. The van der Waals surface area contributed by atoms with Crippen LogP contribution in [0.5, 0.6) is 5.75 Å². The van der Waals surface area contributed by atoms with Crippen LogP contribution in [0.1, 0.15) is 11.6 Å². The van der Waals surface area contributed by atoms with E-state index in [-0.39, 0.29) is 18.9 Å². The number of rotatable bonds is 7. The summed E-state index contributed by atoms with van der Waals surface area (Å²) < 4.78 is 15.5. The van der Waals surface area contributed by atoms with E-state index in [4.69, 9.17) is 14.0 Å². The highest BCUT2D eigenvalue weighted by atomic mass is 32.1. The molecular weight excluding hydrogens is 392 g/mol. The lowest BCUT2D eigenvalue weighted by Gasteiger charge is -2.00. The fourth-order valence-electron chi connectivity index (χ4n) is 2.51. The van der Waals surface area contributed by atoms with E-state index in [0.29, 0.717) is 11.5 Å². The summed E-state index contributed by atoms with van der Waals surface area (Å²) in [5, 5.41) is 6.48. The molecule has 0 aliphatic carbocycles. The van der Waals surface area contributed by atoms with Gasteiger partial charge in [-0.2, -0.15) is 4.98 Å². The van der Waals surface area contributed by atoms with Crippen LogP contribution in [0.3, 0.4) is 0 Å². The predicted molar refractivity (Wildman–Crippen MR) is 105 cm³/mol. The number of aromatic nitrogens is 4. The van der Waals surface area contributed by atoms with E-state index < -0.39 is 5.97 Å². The van der Waals surface area contributed by atoms with Crippen molar-refractivity contribution in [2.45, 2.75) is 13.0 Å². The van der Waals surface area contributed by atoms with Crippen LogP contribution in [0.4, 0.5) is 0 Å². The van der Waals surface area contributed by atoms with Crippen LogP contribution in [0, 0.1) is 0 Å². The average molecular weight is 408 g/mol. The van der Waals surface area contributed by atoms with E-state index in [0.717, 1.165) is 22.0 Å². The summed E-state index contributed by atoms with van der Waals surface area (Å²) in [6.45, 7) is -0.0980. The molecule has 0 spiro atoms. The Hall–Kier alpha value is -3.59. The molecule has 146 valence electrons. The summed E-state index contributed by atoms with van der Waals surface area (Å²) in [7, 11) is 1.60. The Morgan fingerprint density at radius 1 is 1.14 bits per heavy atom. The van der Waals surface area contributed by atoms with Crippen LogP contribution in [-0.2, 0) is 22.6 Å². The zero-order valence-electron chi connectivity index (χ0n) is 15.4. The molecule has 3 heterocycles.